The van der Waals surface area contributed by atoms with Gasteiger partial charge in [0.1, 0.15) is 0 Å². The van der Waals surface area contributed by atoms with Gasteiger partial charge in [-0.05, 0) is 19.3 Å². The Morgan fingerprint density at radius 1 is 1.39 bits per heavy atom. The molecule has 1 rings (SSSR count). The van der Waals surface area contributed by atoms with E-state index in [1.807, 2.05) is 11.8 Å². The Morgan fingerprint density at radius 3 is 2.44 bits per heavy atom. The van der Waals surface area contributed by atoms with E-state index >= 15 is 0 Å². The van der Waals surface area contributed by atoms with Crippen molar-refractivity contribution in [1.29, 1.82) is 0 Å². The third kappa shape index (κ3) is 3.54. The molecule has 0 aromatic heterocycles. The van der Waals surface area contributed by atoms with Crippen LogP contribution in [0.4, 0.5) is 0 Å². The van der Waals surface area contributed by atoms with Crippen LogP contribution in [0.2, 0.25) is 0 Å². The zero-order valence-electron chi connectivity index (χ0n) is 12.1. The van der Waals surface area contributed by atoms with Gasteiger partial charge in [0, 0.05) is 28.9 Å². The largest absolute Gasteiger partial charge is 0.324 e. The number of carbonyl (C=O) groups is 1. The van der Waals surface area contributed by atoms with Gasteiger partial charge in [0.15, 0.2) is 0 Å². The van der Waals surface area contributed by atoms with Gasteiger partial charge in [-0.3, -0.25) is 14.3 Å². The molecule has 1 aliphatic rings. The fourth-order valence-corrected chi connectivity index (χ4v) is 2.71. The first-order chi connectivity index (χ1) is 8.38. The third-order valence-corrected chi connectivity index (χ3v) is 4.80. The average molecular weight is 274 g/mol. The smallest absolute Gasteiger partial charge is 0.241 e. The molecule has 0 aromatic rings. The molecule has 0 bridgehead atoms. The Hall–Kier alpha value is -0.420. The zero-order chi connectivity index (χ0) is 13.9. The van der Waals surface area contributed by atoms with Gasteiger partial charge in [0.25, 0.3) is 0 Å². The molecule has 0 aromatic carbocycles. The lowest BCUT2D eigenvalue weighted by molar-refractivity contribution is -0.130. The van der Waals surface area contributed by atoms with Crippen molar-refractivity contribution in [3.63, 3.8) is 0 Å². The minimum absolute atomic E-state index is 0.0253. The van der Waals surface area contributed by atoms with Gasteiger partial charge in [-0.2, -0.15) is 0 Å². The summed E-state index contributed by atoms with van der Waals surface area (Å²) in [7, 11) is -0.886. The van der Waals surface area contributed by atoms with Crippen LogP contribution in [-0.2, 0) is 15.6 Å². The number of rotatable bonds is 6. The van der Waals surface area contributed by atoms with E-state index in [2.05, 4.69) is 26.1 Å². The number of nitrogens with one attached hydrogen (secondary N) is 1. The van der Waals surface area contributed by atoms with Crippen molar-refractivity contribution < 1.29 is 9.00 Å². The second-order valence-electron chi connectivity index (χ2n) is 5.50. The Morgan fingerprint density at radius 2 is 2.00 bits per heavy atom. The van der Waals surface area contributed by atoms with Crippen molar-refractivity contribution in [1.82, 2.24) is 10.2 Å². The normalized spacial score (nSPS) is 27.9. The Kier molecular flexibility index (Phi) is 5.79. The van der Waals surface area contributed by atoms with Crippen LogP contribution < -0.4 is 5.32 Å². The molecule has 1 amide bonds. The SMILES string of the molecule is CCCC1NC(C(C)C)N(CC(C)S(C)=O)C1=O. The molecule has 0 spiro atoms. The van der Waals surface area contributed by atoms with Gasteiger partial charge in [-0.1, -0.05) is 27.2 Å². The van der Waals surface area contributed by atoms with E-state index in [0.29, 0.717) is 12.5 Å². The van der Waals surface area contributed by atoms with Crippen LogP contribution in [0.25, 0.3) is 0 Å². The Labute approximate surface area is 113 Å². The molecule has 0 aliphatic carbocycles. The van der Waals surface area contributed by atoms with E-state index in [9.17, 15) is 9.00 Å². The number of amides is 1. The maximum absolute atomic E-state index is 12.3. The van der Waals surface area contributed by atoms with Crippen molar-refractivity contribution >= 4 is 16.7 Å². The van der Waals surface area contributed by atoms with Crippen molar-refractivity contribution in [2.75, 3.05) is 12.8 Å². The van der Waals surface area contributed by atoms with Crippen LogP contribution >= 0.6 is 0 Å². The van der Waals surface area contributed by atoms with Crippen molar-refractivity contribution in [3.8, 4) is 0 Å². The average Bonchev–Trinajstić information content (AvgIpc) is 2.58. The molecule has 1 heterocycles. The predicted molar refractivity (Wildman–Crippen MR) is 75.7 cm³/mol. The lowest BCUT2D eigenvalue weighted by Crippen LogP contribution is -2.45. The van der Waals surface area contributed by atoms with Crippen LogP contribution in [0.5, 0.6) is 0 Å². The van der Waals surface area contributed by atoms with Crippen molar-refractivity contribution in [3.05, 3.63) is 0 Å². The number of carbonyl (C=O) groups excluding carboxylic acids is 1. The fourth-order valence-electron chi connectivity index (χ4n) is 2.34. The summed E-state index contributed by atoms with van der Waals surface area (Å²) in [5, 5.41) is 3.44. The highest BCUT2D eigenvalue weighted by Crippen LogP contribution is 2.21. The van der Waals surface area contributed by atoms with E-state index in [-0.39, 0.29) is 23.4 Å². The molecule has 4 nitrogen and oxygen atoms in total. The topological polar surface area (TPSA) is 49.4 Å². The standard InChI is InChI=1S/C13H26N2O2S/c1-6-7-11-13(16)15(8-10(4)18(5)17)12(14-11)9(2)3/h9-12,14H,6-8H2,1-5H3. The van der Waals surface area contributed by atoms with E-state index in [4.69, 9.17) is 0 Å². The molecule has 1 aliphatic heterocycles. The summed E-state index contributed by atoms with van der Waals surface area (Å²) in [6, 6.07) is -0.0557. The molecule has 4 atom stereocenters. The van der Waals surface area contributed by atoms with Crippen LogP contribution in [-0.4, -0.2) is 45.3 Å². The highest BCUT2D eigenvalue weighted by molar-refractivity contribution is 7.84. The van der Waals surface area contributed by atoms with Crippen LogP contribution in [0.3, 0.4) is 0 Å². The van der Waals surface area contributed by atoms with Gasteiger partial charge < -0.3 is 4.90 Å². The van der Waals surface area contributed by atoms with Crippen molar-refractivity contribution in [2.24, 2.45) is 5.92 Å². The first-order valence-corrected chi connectivity index (χ1v) is 8.39. The predicted octanol–water partition coefficient (Wildman–Crippen LogP) is 1.34. The molecule has 0 saturated carbocycles. The van der Waals surface area contributed by atoms with Crippen LogP contribution in [0.15, 0.2) is 0 Å². The first kappa shape index (κ1) is 15.6. The quantitative estimate of drug-likeness (QED) is 0.795. The molecule has 4 unspecified atom stereocenters. The summed E-state index contributed by atoms with van der Waals surface area (Å²) >= 11 is 0. The molecule has 1 fully saturated rings. The number of hydrogen-bond donors (Lipinski definition) is 1. The summed E-state index contributed by atoms with van der Waals surface area (Å²) in [6.45, 7) is 8.83. The summed E-state index contributed by atoms with van der Waals surface area (Å²) in [5.74, 6) is 0.543. The van der Waals surface area contributed by atoms with Crippen LogP contribution in [0.1, 0.15) is 40.5 Å². The Bertz CT molecular complexity index is 320. The molecule has 18 heavy (non-hydrogen) atoms. The minimum atomic E-state index is -0.886. The van der Waals surface area contributed by atoms with E-state index in [1.54, 1.807) is 6.26 Å². The lowest BCUT2D eigenvalue weighted by atomic mass is 10.1. The Balaban J connectivity index is 2.77. The van der Waals surface area contributed by atoms with E-state index < -0.39 is 10.8 Å². The summed E-state index contributed by atoms with van der Waals surface area (Å²) in [5.41, 5.74) is 0. The molecular formula is C13H26N2O2S. The van der Waals surface area contributed by atoms with Gasteiger partial charge >= 0.3 is 0 Å². The molecule has 0 radical (unpaired) electrons. The monoisotopic (exact) mass is 274 g/mol. The zero-order valence-corrected chi connectivity index (χ0v) is 12.9. The highest BCUT2D eigenvalue weighted by atomic mass is 32.2. The molecule has 5 heteroatoms. The lowest BCUT2D eigenvalue weighted by Gasteiger charge is -2.29. The van der Waals surface area contributed by atoms with Crippen molar-refractivity contribution in [2.45, 2.75) is 58.0 Å². The summed E-state index contributed by atoms with van der Waals surface area (Å²) < 4.78 is 11.5. The molecule has 1 N–H and O–H groups in total. The van der Waals surface area contributed by atoms with Gasteiger partial charge in [0.05, 0.1) is 12.2 Å². The highest BCUT2D eigenvalue weighted by Gasteiger charge is 2.40. The number of hydrogen-bond acceptors (Lipinski definition) is 3. The first-order valence-electron chi connectivity index (χ1n) is 6.77. The maximum Gasteiger partial charge on any atom is 0.241 e. The number of nitrogens with zero attached hydrogens (tertiary/aromatic N) is 1. The van der Waals surface area contributed by atoms with Crippen LogP contribution in [0, 0.1) is 5.92 Å². The van der Waals surface area contributed by atoms with E-state index in [0.717, 1.165) is 12.8 Å². The van der Waals surface area contributed by atoms with Gasteiger partial charge in [0.2, 0.25) is 5.91 Å². The molecule has 1 saturated heterocycles. The van der Waals surface area contributed by atoms with Gasteiger partial charge in [-0.15, -0.1) is 0 Å². The summed E-state index contributed by atoms with van der Waals surface area (Å²) in [6.07, 6.45) is 3.66. The van der Waals surface area contributed by atoms with E-state index in [1.165, 1.54) is 0 Å². The fraction of sp³-hybridized carbons (Fsp3) is 0.923. The summed E-state index contributed by atoms with van der Waals surface area (Å²) in [4.78, 5) is 14.2. The van der Waals surface area contributed by atoms with Gasteiger partial charge in [-0.25, -0.2) is 0 Å². The molecule has 106 valence electrons. The second-order valence-corrected chi connectivity index (χ2v) is 7.30. The molecular weight excluding hydrogens is 248 g/mol. The third-order valence-electron chi connectivity index (χ3n) is 3.52. The second kappa shape index (κ2) is 6.66. The maximum atomic E-state index is 12.3. The minimum Gasteiger partial charge on any atom is -0.324 e.